The van der Waals surface area contributed by atoms with Crippen LogP contribution in [0.2, 0.25) is 0 Å². The molecule has 0 radical (unpaired) electrons. The molecule has 2 aliphatic rings. The molecule has 0 atom stereocenters. The molecular formula is C19H25N5OS. The van der Waals surface area contributed by atoms with Crippen LogP contribution in [-0.2, 0) is 0 Å². The van der Waals surface area contributed by atoms with Crippen LogP contribution in [0.1, 0.15) is 72.7 Å². The van der Waals surface area contributed by atoms with Gasteiger partial charge in [0.1, 0.15) is 10.8 Å². The Morgan fingerprint density at radius 2 is 1.85 bits per heavy atom. The molecule has 3 heterocycles. The first-order chi connectivity index (χ1) is 12.8. The molecule has 1 aliphatic carbocycles. The molecule has 26 heavy (non-hydrogen) atoms. The number of rotatable bonds is 4. The largest absolute Gasteiger partial charge is 0.356 e. The lowest BCUT2D eigenvalue weighted by atomic mass is 9.90. The predicted molar refractivity (Wildman–Crippen MR) is 104 cm³/mol. The lowest BCUT2D eigenvalue weighted by Crippen LogP contribution is -2.32. The molecule has 1 N–H and O–H groups in total. The number of hydrogen-bond acceptors (Lipinski definition) is 6. The van der Waals surface area contributed by atoms with E-state index in [-0.39, 0.29) is 5.91 Å². The van der Waals surface area contributed by atoms with E-state index in [1.165, 1.54) is 49.9 Å². The highest BCUT2D eigenvalue weighted by atomic mass is 32.1. The van der Waals surface area contributed by atoms with Gasteiger partial charge in [0.25, 0.3) is 5.91 Å². The monoisotopic (exact) mass is 371 g/mol. The van der Waals surface area contributed by atoms with Crippen molar-refractivity contribution in [2.75, 3.05) is 23.3 Å². The van der Waals surface area contributed by atoms with E-state index in [9.17, 15) is 4.79 Å². The van der Waals surface area contributed by atoms with Gasteiger partial charge in [-0.2, -0.15) is 0 Å². The summed E-state index contributed by atoms with van der Waals surface area (Å²) in [5, 5.41) is 13.1. The highest BCUT2D eigenvalue weighted by Crippen LogP contribution is 2.35. The molecule has 1 saturated carbocycles. The number of hydrogen-bond donors (Lipinski definition) is 1. The first-order valence-corrected chi connectivity index (χ1v) is 10.5. The second-order valence-electron chi connectivity index (χ2n) is 7.16. The van der Waals surface area contributed by atoms with Crippen molar-refractivity contribution in [3.63, 3.8) is 0 Å². The van der Waals surface area contributed by atoms with Gasteiger partial charge in [0.05, 0.1) is 5.56 Å². The molecular weight excluding hydrogens is 346 g/mol. The first kappa shape index (κ1) is 17.4. The Hall–Kier alpha value is -2.02. The van der Waals surface area contributed by atoms with Gasteiger partial charge in [-0.3, -0.25) is 10.1 Å². The quantitative estimate of drug-likeness (QED) is 0.871. The Labute approximate surface area is 158 Å². The zero-order valence-corrected chi connectivity index (χ0v) is 15.8. The minimum absolute atomic E-state index is 0.148. The number of carbonyl (C=O) groups excluding carboxylic acids is 1. The molecule has 0 spiro atoms. The summed E-state index contributed by atoms with van der Waals surface area (Å²) in [6.45, 7) is 1.92. The van der Waals surface area contributed by atoms with Gasteiger partial charge in [0.15, 0.2) is 0 Å². The standard InChI is InChI=1S/C19H25N5OS/c25-17(15-10-7-11-20-16(15)24-12-5-2-6-13-24)21-19-23-22-18(26-19)14-8-3-1-4-9-14/h7,10-11,14H,1-6,8-9,12-13H2,(H,21,23,25). The maximum atomic E-state index is 12.8. The van der Waals surface area contributed by atoms with Gasteiger partial charge in [-0.15, -0.1) is 10.2 Å². The molecule has 7 heteroatoms. The van der Waals surface area contributed by atoms with Crippen LogP contribution in [0.15, 0.2) is 18.3 Å². The van der Waals surface area contributed by atoms with Crippen LogP contribution in [0.5, 0.6) is 0 Å². The van der Waals surface area contributed by atoms with Crippen molar-refractivity contribution in [2.45, 2.75) is 57.3 Å². The van der Waals surface area contributed by atoms with Crippen LogP contribution in [0.4, 0.5) is 10.9 Å². The molecule has 138 valence electrons. The number of carbonyl (C=O) groups is 1. The first-order valence-electron chi connectivity index (χ1n) is 9.66. The molecule has 0 bridgehead atoms. The molecule has 1 saturated heterocycles. The maximum Gasteiger partial charge on any atom is 0.261 e. The maximum absolute atomic E-state index is 12.8. The Morgan fingerprint density at radius 3 is 2.65 bits per heavy atom. The highest BCUT2D eigenvalue weighted by Gasteiger charge is 2.22. The third kappa shape index (κ3) is 3.87. The van der Waals surface area contributed by atoms with E-state index in [2.05, 4.69) is 25.4 Å². The van der Waals surface area contributed by atoms with Crippen LogP contribution in [0.3, 0.4) is 0 Å². The summed E-state index contributed by atoms with van der Waals surface area (Å²) in [5.74, 6) is 1.14. The van der Waals surface area contributed by atoms with Gasteiger partial charge in [0, 0.05) is 25.2 Å². The van der Waals surface area contributed by atoms with Crippen LogP contribution in [0, 0.1) is 0 Å². The Kier molecular flexibility index (Phi) is 5.43. The van der Waals surface area contributed by atoms with E-state index >= 15 is 0 Å². The highest BCUT2D eigenvalue weighted by molar-refractivity contribution is 7.15. The molecule has 2 fully saturated rings. The normalized spacial score (nSPS) is 18.7. The predicted octanol–water partition coefficient (Wildman–Crippen LogP) is 4.22. The number of nitrogens with zero attached hydrogens (tertiary/aromatic N) is 4. The Bertz CT molecular complexity index is 750. The summed E-state index contributed by atoms with van der Waals surface area (Å²) in [7, 11) is 0. The van der Waals surface area contributed by atoms with Crippen LogP contribution in [-0.4, -0.2) is 34.2 Å². The number of amides is 1. The van der Waals surface area contributed by atoms with E-state index < -0.39 is 0 Å². The van der Waals surface area contributed by atoms with E-state index in [0.29, 0.717) is 16.6 Å². The Balaban J connectivity index is 1.47. The molecule has 4 rings (SSSR count). The van der Waals surface area contributed by atoms with Crippen molar-refractivity contribution in [3.05, 3.63) is 28.9 Å². The van der Waals surface area contributed by atoms with Crippen molar-refractivity contribution < 1.29 is 4.79 Å². The summed E-state index contributed by atoms with van der Waals surface area (Å²) in [4.78, 5) is 19.5. The molecule has 2 aromatic rings. The van der Waals surface area contributed by atoms with Gasteiger partial charge in [-0.25, -0.2) is 4.98 Å². The van der Waals surface area contributed by atoms with Gasteiger partial charge in [-0.1, -0.05) is 30.6 Å². The van der Waals surface area contributed by atoms with Crippen molar-refractivity contribution >= 4 is 28.2 Å². The minimum Gasteiger partial charge on any atom is -0.356 e. The fourth-order valence-corrected chi connectivity index (χ4v) is 4.80. The summed E-state index contributed by atoms with van der Waals surface area (Å²) in [6, 6.07) is 3.66. The van der Waals surface area contributed by atoms with Crippen LogP contribution >= 0.6 is 11.3 Å². The number of anilines is 2. The summed E-state index contributed by atoms with van der Waals surface area (Å²) in [5.41, 5.74) is 0.615. The molecule has 0 aromatic carbocycles. The lowest BCUT2D eigenvalue weighted by Gasteiger charge is -2.28. The number of nitrogens with one attached hydrogen (secondary N) is 1. The van der Waals surface area contributed by atoms with Crippen molar-refractivity contribution in [1.82, 2.24) is 15.2 Å². The Morgan fingerprint density at radius 1 is 1.08 bits per heavy atom. The smallest absolute Gasteiger partial charge is 0.261 e. The van der Waals surface area contributed by atoms with Gasteiger partial charge in [0.2, 0.25) is 5.13 Å². The van der Waals surface area contributed by atoms with Gasteiger partial charge in [-0.05, 0) is 44.2 Å². The summed E-state index contributed by atoms with van der Waals surface area (Å²) in [6.07, 6.45) is 11.5. The second-order valence-corrected chi connectivity index (χ2v) is 8.17. The van der Waals surface area contributed by atoms with E-state index in [1.54, 1.807) is 6.20 Å². The average Bonchev–Trinajstić information content (AvgIpc) is 3.18. The molecule has 6 nitrogen and oxygen atoms in total. The molecule has 1 amide bonds. The van der Waals surface area contributed by atoms with Crippen LogP contribution < -0.4 is 10.2 Å². The van der Waals surface area contributed by atoms with E-state index in [0.717, 1.165) is 36.8 Å². The third-order valence-corrected chi connectivity index (χ3v) is 6.30. The summed E-state index contributed by atoms with van der Waals surface area (Å²) < 4.78 is 0. The number of piperidine rings is 1. The SMILES string of the molecule is O=C(Nc1nnc(C2CCCCC2)s1)c1cccnc1N1CCCCC1. The zero-order valence-electron chi connectivity index (χ0n) is 15.0. The fourth-order valence-electron chi connectivity index (χ4n) is 3.90. The minimum atomic E-state index is -0.148. The summed E-state index contributed by atoms with van der Waals surface area (Å²) >= 11 is 1.52. The van der Waals surface area contributed by atoms with Crippen molar-refractivity contribution in [3.8, 4) is 0 Å². The number of aromatic nitrogens is 3. The second kappa shape index (κ2) is 8.12. The van der Waals surface area contributed by atoms with Gasteiger partial charge >= 0.3 is 0 Å². The molecule has 0 unspecified atom stereocenters. The van der Waals surface area contributed by atoms with Crippen molar-refractivity contribution in [1.29, 1.82) is 0 Å². The fraction of sp³-hybridized carbons (Fsp3) is 0.579. The van der Waals surface area contributed by atoms with Gasteiger partial charge < -0.3 is 4.90 Å². The third-order valence-electron chi connectivity index (χ3n) is 5.30. The zero-order chi connectivity index (χ0) is 17.8. The topological polar surface area (TPSA) is 71.0 Å². The number of pyridine rings is 1. The van der Waals surface area contributed by atoms with E-state index in [4.69, 9.17) is 0 Å². The average molecular weight is 372 g/mol. The van der Waals surface area contributed by atoms with Crippen LogP contribution in [0.25, 0.3) is 0 Å². The van der Waals surface area contributed by atoms with E-state index in [1.807, 2.05) is 12.1 Å². The van der Waals surface area contributed by atoms with Crippen molar-refractivity contribution in [2.24, 2.45) is 0 Å². The molecule has 2 aromatic heterocycles. The lowest BCUT2D eigenvalue weighted by molar-refractivity contribution is 0.102. The molecule has 1 aliphatic heterocycles.